The molecule has 1 N–H and O–H groups in total. The fraction of sp³-hybridized carbons (Fsp3) is 0.375. The number of benzene rings is 3. The molecule has 0 unspecified atom stereocenters. The van der Waals surface area contributed by atoms with E-state index in [0.717, 1.165) is 9.87 Å². The second-order valence-electron chi connectivity index (χ2n) is 11.2. The lowest BCUT2D eigenvalue weighted by Crippen LogP contribution is -2.55. The largest absolute Gasteiger partial charge is 0.494 e. The van der Waals surface area contributed by atoms with E-state index in [-0.39, 0.29) is 23.0 Å². The number of hydrogen-bond donors (Lipinski definition) is 1. The van der Waals surface area contributed by atoms with Crippen molar-refractivity contribution in [3.63, 3.8) is 0 Å². The van der Waals surface area contributed by atoms with Crippen LogP contribution in [0.25, 0.3) is 0 Å². The first-order valence-electron chi connectivity index (χ1n) is 14.0. The number of nitrogens with one attached hydrogen (secondary N) is 1. The lowest BCUT2D eigenvalue weighted by atomic mass is 10.1. The van der Waals surface area contributed by atoms with Crippen LogP contribution in [0.15, 0.2) is 71.6 Å². The Balaban J connectivity index is 2.09. The van der Waals surface area contributed by atoms with Gasteiger partial charge < -0.3 is 15.0 Å². The highest BCUT2D eigenvalue weighted by atomic mass is 35.5. The third-order valence-corrected chi connectivity index (χ3v) is 9.07. The average molecular weight is 649 g/mol. The summed E-state index contributed by atoms with van der Waals surface area (Å²) in [6, 6.07) is 17.0. The molecule has 0 aliphatic heterocycles. The average Bonchev–Trinajstić information content (AvgIpc) is 2.93. The van der Waals surface area contributed by atoms with Crippen molar-refractivity contribution in [2.45, 2.75) is 71.0 Å². The minimum atomic E-state index is -4.19. The Bertz CT molecular complexity index is 1520. The molecule has 232 valence electrons. The molecular weight excluding hydrogens is 609 g/mol. The quantitative estimate of drug-likeness (QED) is 0.238. The molecule has 43 heavy (non-hydrogen) atoms. The Morgan fingerprint density at radius 2 is 1.56 bits per heavy atom. The van der Waals surface area contributed by atoms with Gasteiger partial charge in [0.05, 0.1) is 27.2 Å². The molecule has 0 heterocycles. The smallest absolute Gasteiger partial charge is 0.264 e. The molecular formula is C32H39Cl2N3O5S. The summed E-state index contributed by atoms with van der Waals surface area (Å²) in [5.41, 5.74) is 1.26. The molecule has 0 radical (unpaired) electrons. The van der Waals surface area contributed by atoms with E-state index in [1.165, 1.54) is 17.0 Å². The zero-order valence-electron chi connectivity index (χ0n) is 25.4. The Labute approximate surface area is 265 Å². The summed E-state index contributed by atoms with van der Waals surface area (Å²) in [6.45, 7) is 11.0. The zero-order chi connectivity index (χ0) is 31.9. The van der Waals surface area contributed by atoms with Crippen LogP contribution < -0.4 is 14.4 Å². The van der Waals surface area contributed by atoms with Gasteiger partial charge in [-0.3, -0.25) is 13.9 Å². The molecule has 1 atom stereocenters. The predicted octanol–water partition coefficient (Wildman–Crippen LogP) is 6.62. The van der Waals surface area contributed by atoms with Gasteiger partial charge in [0.1, 0.15) is 18.3 Å². The van der Waals surface area contributed by atoms with Gasteiger partial charge >= 0.3 is 0 Å². The van der Waals surface area contributed by atoms with Crippen molar-refractivity contribution in [1.82, 2.24) is 10.2 Å². The molecule has 0 fully saturated rings. The van der Waals surface area contributed by atoms with E-state index in [4.69, 9.17) is 27.9 Å². The SMILES string of the molecule is CCOc1ccc(N(CC(=O)N(Cc2ccc(Cl)c(Cl)c2)[C@@H](CC)C(=O)NC(C)(C)C)S(=O)(=O)c2ccc(C)cc2)cc1. The van der Waals surface area contributed by atoms with Gasteiger partial charge in [-0.15, -0.1) is 0 Å². The Hall–Kier alpha value is -3.27. The Kier molecular flexibility index (Phi) is 11.5. The van der Waals surface area contributed by atoms with Crippen molar-refractivity contribution in [3.05, 3.63) is 87.9 Å². The molecule has 0 aliphatic rings. The van der Waals surface area contributed by atoms with E-state index in [2.05, 4.69) is 5.32 Å². The molecule has 11 heteroatoms. The number of carbonyl (C=O) groups is 2. The first-order chi connectivity index (χ1) is 20.2. The van der Waals surface area contributed by atoms with Gasteiger partial charge in [0.25, 0.3) is 10.0 Å². The van der Waals surface area contributed by atoms with Crippen molar-refractivity contribution in [2.75, 3.05) is 17.5 Å². The Morgan fingerprint density at radius 3 is 2.09 bits per heavy atom. The van der Waals surface area contributed by atoms with Crippen LogP contribution in [-0.2, 0) is 26.2 Å². The maximum Gasteiger partial charge on any atom is 0.264 e. The van der Waals surface area contributed by atoms with E-state index in [9.17, 15) is 18.0 Å². The summed E-state index contributed by atoms with van der Waals surface area (Å²) in [4.78, 5) is 29.1. The maximum atomic E-state index is 14.2. The highest BCUT2D eigenvalue weighted by Gasteiger charge is 2.34. The van der Waals surface area contributed by atoms with Crippen LogP contribution in [0.1, 0.15) is 52.2 Å². The van der Waals surface area contributed by atoms with E-state index in [1.807, 2.05) is 34.6 Å². The number of amides is 2. The van der Waals surface area contributed by atoms with Crippen LogP contribution in [0.3, 0.4) is 0 Å². The minimum absolute atomic E-state index is 0.00743. The second kappa shape index (κ2) is 14.5. The van der Waals surface area contributed by atoms with Gasteiger partial charge in [-0.05, 0) is 95.1 Å². The van der Waals surface area contributed by atoms with Crippen molar-refractivity contribution < 1.29 is 22.7 Å². The third kappa shape index (κ3) is 9.11. The first kappa shape index (κ1) is 34.2. The van der Waals surface area contributed by atoms with Crippen LogP contribution in [-0.4, -0.2) is 49.9 Å². The molecule has 3 aromatic carbocycles. The molecule has 0 spiro atoms. The molecule has 0 aliphatic carbocycles. The fourth-order valence-electron chi connectivity index (χ4n) is 4.45. The van der Waals surface area contributed by atoms with Crippen molar-refractivity contribution in [1.29, 1.82) is 0 Å². The molecule has 0 saturated carbocycles. The van der Waals surface area contributed by atoms with Gasteiger partial charge in [0.2, 0.25) is 11.8 Å². The van der Waals surface area contributed by atoms with Crippen LogP contribution in [0, 0.1) is 6.92 Å². The summed E-state index contributed by atoms with van der Waals surface area (Å²) in [7, 11) is -4.19. The minimum Gasteiger partial charge on any atom is -0.494 e. The molecule has 0 saturated heterocycles. The van der Waals surface area contributed by atoms with E-state index < -0.39 is 34.1 Å². The number of carbonyl (C=O) groups excluding carboxylic acids is 2. The normalized spacial score (nSPS) is 12.4. The molecule has 2 amide bonds. The van der Waals surface area contributed by atoms with Gasteiger partial charge in [-0.1, -0.05) is 53.9 Å². The standard InChI is InChI=1S/C32H39Cl2N3O5S/c1-7-29(31(39)35-32(4,5)6)36(20-23-11-18-27(33)28(34)19-23)30(38)21-37(24-12-14-25(15-13-24)42-8-2)43(40,41)26-16-9-22(3)10-17-26/h9-19,29H,7-8,20-21H2,1-6H3,(H,35,39)/t29-/m0/s1. The highest BCUT2D eigenvalue weighted by Crippen LogP contribution is 2.28. The summed E-state index contributed by atoms with van der Waals surface area (Å²) in [5.74, 6) is -0.347. The van der Waals surface area contributed by atoms with Gasteiger partial charge in [-0.25, -0.2) is 8.42 Å². The summed E-state index contributed by atoms with van der Waals surface area (Å²) in [5, 5.41) is 3.61. The number of halogens is 2. The predicted molar refractivity (Wildman–Crippen MR) is 172 cm³/mol. The number of nitrogens with zero attached hydrogens (tertiary/aromatic N) is 2. The molecule has 0 aromatic heterocycles. The van der Waals surface area contributed by atoms with Gasteiger partial charge in [-0.2, -0.15) is 0 Å². The monoisotopic (exact) mass is 647 g/mol. The number of anilines is 1. The number of aryl methyl sites for hydroxylation is 1. The van der Waals surface area contributed by atoms with Gasteiger partial charge in [0.15, 0.2) is 0 Å². The summed E-state index contributed by atoms with van der Waals surface area (Å²) >= 11 is 12.4. The van der Waals surface area contributed by atoms with Crippen LogP contribution in [0.2, 0.25) is 10.0 Å². The van der Waals surface area contributed by atoms with Crippen molar-refractivity contribution in [2.24, 2.45) is 0 Å². The van der Waals surface area contributed by atoms with Gasteiger partial charge in [0, 0.05) is 12.1 Å². The second-order valence-corrected chi connectivity index (χ2v) is 13.9. The summed E-state index contributed by atoms with van der Waals surface area (Å²) < 4.78 is 34.6. The Morgan fingerprint density at radius 1 is 0.930 bits per heavy atom. The lowest BCUT2D eigenvalue weighted by molar-refractivity contribution is -0.141. The fourth-order valence-corrected chi connectivity index (χ4v) is 6.18. The number of ether oxygens (including phenoxy) is 1. The topological polar surface area (TPSA) is 96.0 Å². The van der Waals surface area contributed by atoms with Crippen molar-refractivity contribution >= 4 is 50.7 Å². The van der Waals surface area contributed by atoms with E-state index in [0.29, 0.717) is 34.4 Å². The number of rotatable bonds is 12. The van der Waals surface area contributed by atoms with Crippen LogP contribution >= 0.6 is 23.2 Å². The van der Waals surface area contributed by atoms with Crippen LogP contribution in [0.4, 0.5) is 5.69 Å². The zero-order valence-corrected chi connectivity index (χ0v) is 27.7. The molecule has 8 nitrogen and oxygen atoms in total. The number of sulfonamides is 1. The molecule has 3 aromatic rings. The lowest BCUT2D eigenvalue weighted by Gasteiger charge is -2.35. The van der Waals surface area contributed by atoms with E-state index in [1.54, 1.807) is 61.5 Å². The highest BCUT2D eigenvalue weighted by molar-refractivity contribution is 7.92. The number of hydrogen-bond acceptors (Lipinski definition) is 5. The third-order valence-electron chi connectivity index (χ3n) is 6.54. The maximum absolute atomic E-state index is 14.2. The first-order valence-corrected chi connectivity index (χ1v) is 16.2. The van der Waals surface area contributed by atoms with E-state index >= 15 is 0 Å². The molecule has 0 bridgehead atoms. The van der Waals surface area contributed by atoms with Crippen molar-refractivity contribution in [3.8, 4) is 5.75 Å². The molecule has 3 rings (SSSR count). The van der Waals surface area contributed by atoms with Crippen LogP contribution in [0.5, 0.6) is 5.75 Å². The summed E-state index contributed by atoms with van der Waals surface area (Å²) in [6.07, 6.45) is 0.294.